The fraction of sp³-hybridized carbons (Fsp3) is 0.286. The lowest BCUT2D eigenvalue weighted by atomic mass is 10.2. The Bertz CT molecular complexity index is 1130. The number of anilines is 1. The van der Waals surface area contributed by atoms with Crippen molar-refractivity contribution in [1.82, 2.24) is 4.31 Å². The van der Waals surface area contributed by atoms with Gasteiger partial charge in [-0.25, -0.2) is 12.8 Å². The zero-order valence-corrected chi connectivity index (χ0v) is 18.0. The van der Waals surface area contributed by atoms with Gasteiger partial charge in [0.05, 0.1) is 23.8 Å². The fourth-order valence-electron chi connectivity index (χ4n) is 2.95. The first-order valence-corrected chi connectivity index (χ1v) is 11.1. The van der Waals surface area contributed by atoms with Gasteiger partial charge in [-0.2, -0.15) is 17.5 Å². The molecule has 2 aromatic carbocycles. The molecule has 33 heavy (non-hydrogen) atoms. The molecule has 0 saturated carbocycles. The largest absolute Gasteiger partial charge is 0.482 e. The number of nitrogens with one attached hydrogen (secondary N) is 1. The molecule has 0 spiro atoms. The number of rotatable bonds is 7. The highest BCUT2D eigenvalue weighted by Crippen LogP contribution is 2.31. The average Bonchev–Trinajstić information content (AvgIpc) is 2.77. The Morgan fingerprint density at radius 1 is 1.15 bits per heavy atom. The molecular formula is C21H20F4N2O5S. The molecule has 1 aliphatic heterocycles. The van der Waals surface area contributed by atoms with Crippen molar-refractivity contribution < 1.29 is 40.2 Å². The minimum Gasteiger partial charge on any atom is -0.482 e. The number of sulfonamides is 1. The van der Waals surface area contributed by atoms with Gasteiger partial charge in [0, 0.05) is 19.2 Å². The van der Waals surface area contributed by atoms with Crippen LogP contribution >= 0.6 is 0 Å². The summed E-state index contributed by atoms with van der Waals surface area (Å²) in [5, 5.41) is 2.33. The SMILES string of the molecule is O=C(C=Cc1cccc(F)c1)Nc1cc(S(=O)(=O)N2CCOCC2)ccc1OCC(F)(F)F. The van der Waals surface area contributed by atoms with E-state index in [-0.39, 0.29) is 42.6 Å². The molecule has 1 N–H and O–H groups in total. The standard InChI is InChI=1S/C21H20F4N2O5S/c22-16-3-1-2-15(12-16)4-7-20(28)26-18-13-17(5-6-19(18)32-14-21(23,24)25)33(29,30)27-8-10-31-11-9-27/h1-7,12-13H,8-11,14H2,(H,26,28). The van der Waals surface area contributed by atoms with Gasteiger partial charge in [-0.15, -0.1) is 0 Å². The number of benzene rings is 2. The lowest BCUT2D eigenvalue weighted by molar-refractivity contribution is -0.153. The Kier molecular flexibility index (Phi) is 7.72. The first-order valence-electron chi connectivity index (χ1n) is 9.71. The van der Waals surface area contributed by atoms with E-state index in [1.54, 1.807) is 6.07 Å². The van der Waals surface area contributed by atoms with Crippen LogP contribution in [0.25, 0.3) is 6.08 Å². The van der Waals surface area contributed by atoms with Crippen molar-refractivity contribution >= 4 is 27.7 Å². The van der Waals surface area contributed by atoms with Crippen LogP contribution in [-0.4, -0.2) is 57.7 Å². The van der Waals surface area contributed by atoms with E-state index in [0.29, 0.717) is 5.56 Å². The molecule has 3 rings (SSSR count). The van der Waals surface area contributed by atoms with Crippen molar-refractivity contribution in [1.29, 1.82) is 0 Å². The van der Waals surface area contributed by atoms with Gasteiger partial charge in [0.1, 0.15) is 11.6 Å². The van der Waals surface area contributed by atoms with Crippen molar-refractivity contribution in [2.45, 2.75) is 11.1 Å². The quantitative estimate of drug-likeness (QED) is 0.477. The second kappa shape index (κ2) is 10.3. The van der Waals surface area contributed by atoms with E-state index in [1.165, 1.54) is 28.6 Å². The lowest BCUT2D eigenvalue weighted by Gasteiger charge is -2.26. The van der Waals surface area contributed by atoms with Crippen LogP contribution in [0.4, 0.5) is 23.2 Å². The average molecular weight is 488 g/mol. The van der Waals surface area contributed by atoms with Gasteiger partial charge >= 0.3 is 6.18 Å². The lowest BCUT2D eigenvalue weighted by Crippen LogP contribution is -2.40. The van der Waals surface area contributed by atoms with Crippen molar-refractivity contribution in [2.75, 3.05) is 38.2 Å². The number of nitrogens with zero attached hydrogens (tertiary/aromatic N) is 1. The first kappa shape index (κ1) is 24.7. The number of halogens is 4. The number of hydrogen-bond acceptors (Lipinski definition) is 5. The Morgan fingerprint density at radius 2 is 1.88 bits per heavy atom. The molecule has 7 nitrogen and oxygen atoms in total. The van der Waals surface area contributed by atoms with E-state index >= 15 is 0 Å². The highest BCUT2D eigenvalue weighted by atomic mass is 32.2. The van der Waals surface area contributed by atoms with Crippen LogP contribution in [0, 0.1) is 5.82 Å². The third-order valence-electron chi connectivity index (χ3n) is 4.48. The summed E-state index contributed by atoms with van der Waals surface area (Å²) < 4.78 is 88.0. The van der Waals surface area contributed by atoms with Gasteiger partial charge in [-0.1, -0.05) is 12.1 Å². The molecule has 0 bridgehead atoms. The number of alkyl halides is 3. The van der Waals surface area contributed by atoms with Crippen LogP contribution in [0.2, 0.25) is 0 Å². The van der Waals surface area contributed by atoms with Gasteiger partial charge in [0.15, 0.2) is 6.61 Å². The maximum absolute atomic E-state index is 13.3. The smallest absolute Gasteiger partial charge is 0.422 e. The molecule has 1 fully saturated rings. The zero-order valence-electron chi connectivity index (χ0n) is 17.1. The molecule has 1 amide bonds. The summed E-state index contributed by atoms with van der Waals surface area (Å²) >= 11 is 0. The van der Waals surface area contributed by atoms with Gasteiger partial charge < -0.3 is 14.8 Å². The van der Waals surface area contributed by atoms with Crippen molar-refractivity contribution in [2.24, 2.45) is 0 Å². The first-order chi connectivity index (χ1) is 15.5. The summed E-state index contributed by atoms with van der Waals surface area (Å²) in [4.78, 5) is 12.1. The predicted octanol–water partition coefficient (Wildman–Crippen LogP) is 3.44. The van der Waals surface area contributed by atoms with E-state index < -0.39 is 34.5 Å². The monoisotopic (exact) mass is 488 g/mol. The predicted molar refractivity (Wildman–Crippen MR) is 112 cm³/mol. The van der Waals surface area contributed by atoms with Crippen molar-refractivity contribution in [3.05, 3.63) is 59.9 Å². The van der Waals surface area contributed by atoms with Crippen LogP contribution in [0.5, 0.6) is 5.75 Å². The Morgan fingerprint density at radius 3 is 2.55 bits per heavy atom. The van der Waals surface area contributed by atoms with E-state index in [1.807, 2.05) is 0 Å². The summed E-state index contributed by atoms with van der Waals surface area (Å²) in [6.45, 7) is -0.981. The summed E-state index contributed by atoms with van der Waals surface area (Å²) in [7, 11) is -3.98. The van der Waals surface area contributed by atoms with E-state index in [0.717, 1.165) is 24.3 Å². The molecule has 0 atom stereocenters. The number of amides is 1. The summed E-state index contributed by atoms with van der Waals surface area (Å²) in [6.07, 6.45) is -2.31. The number of carbonyl (C=O) groups is 1. The zero-order chi connectivity index (χ0) is 24.1. The number of carbonyl (C=O) groups excluding carboxylic acids is 1. The van der Waals surface area contributed by atoms with E-state index in [9.17, 15) is 30.8 Å². The van der Waals surface area contributed by atoms with Gasteiger partial charge in [0.25, 0.3) is 0 Å². The van der Waals surface area contributed by atoms with Crippen LogP contribution in [-0.2, 0) is 19.6 Å². The minimum atomic E-state index is -4.64. The molecule has 1 aliphatic rings. The Balaban J connectivity index is 1.86. The molecule has 0 aromatic heterocycles. The Hall–Kier alpha value is -2.96. The minimum absolute atomic E-state index is 0.118. The fourth-order valence-corrected chi connectivity index (χ4v) is 4.38. The number of hydrogen-bond donors (Lipinski definition) is 1. The normalized spacial score (nSPS) is 15.5. The maximum atomic E-state index is 13.3. The summed E-state index contributed by atoms with van der Waals surface area (Å²) in [5.74, 6) is -1.65. The third kappa shape index (κ3) is 7.01. The van der Waals surface area contributed by atoms with Crippen LogP contribution in [0.3, 0.4) is 0 Å². The highest BCUT2D eigenvalue weighted by molar-refractivity contribution is 7.89. The molecule has 12 heteroatoms. The third-order valence-corrected chi connectivity index (χ3v) is 6.38. The van der Waals surface area contributed by atoms with Crippen LogP contribution in [0.15, 0.2) is 53.4 Å². The van der Waals surface area contributed by atoms with Crippen LogP contribution in [0.1, 0.15) is 5.56 Å². The maximum Gasteiger partial charge on any atom is 0.422 e. The van der Waals surface area contributed by atoms with Gasteiger partial charge in [-0.05, 0) is 42.0 Å². The van der Waals surface area contributed by atoms with Crippen molar-refractivity contribution in [3.63, 3.8) is 0 Å². The summed E-state index contributed by atoms with van der Waals surface area (Å²) in [5.41, 5.74) is 0.116. The molecule has 2 aromatic rings. The molecule has 0 radical (unpaired) electrons. The molecular weight excluding hydrogens is 468 g/mol. The molecule has 1 saturated heterocycles. The second-order valence-electron chi connectivity index (χ2n) is 6.96. The number of morpholine rings is 1. The summed E-state index contributed by atoms with van der Waals surface area (Å²) in [6, 6.07) is 8.57. The molecule has 178 valence electrons. The van der Waals surface area contributed by atoms with Gasteiger partial charge in [0.2, 0.25) is 15.9 Å². The topological polar surface area (TPSA) is 84.9 Å². The van der Waals surface area contributed by atoms with Crippen LogP contribution < -0.4 is 10.1 Å². The number of ether oxygens (including phenoxy) is 2. The van der Waals surface area contributed by atoms with E-state index in [4.69, 9.17) is 9.47 Å². The van der Waals surface area contributed by atoms with Gasteiger partial charge in [-0.3, -0.25) is 4.79 Å². The van der Waals surface area contributed by atoms with E-state index in [2.05, 4.69) is 5.32 Å². The molecule has 0 unspecified atom stereocenters. The molecule has 0 aliphatic carbocycles. The molecule has 1 heterocycles. The Labute approximate surface area is 187 Å². The van der Waals surface area contributed by atoms with Crippen molar-refractivity contribution in [3.8, 4) is 5.75 Å². The second-order valence-corrected chi connectivity index (χ2v) is 8.89. The highest BCUT2D eigenvalue weighted by Gasteiger charge is 2.30.